The molecule has 0 aliphatic heterocycles. The predicted octanol–water partition coefficient (Wildman–Crippen LogP) is 2.31. The van der Waals surface area contributed by atoms with Gasteiger partial charge in [-0.05, 0) is 20.3 Å². The van der Waals surface area contributed by atoms with Crippen LogP contribution in [0.5, 0.6) is 0 Å². The number of hydrogen-bond acceptors (Lipinski definition) is 6. The highest BCUT2D eigenvalue weighted by molar-refractivity contribution is 8.76. The van der Waals surface area contributed by atoms with Gasteiger partial charge in [0, 0.05) is 23.8 Å². The third kappa shape index (κ3) is 11.9. The molecule has 0 aromatic rings. The summed E-state index contributed by atoms with van der Waals surface area (Å²) in [4.78, 5) is 32.9. The zero-order chi connectivity index (χ0) is 15.9. The Labute approximate surface area is 134 Å². The van der Waals surface area contributed by atoms with Crippen molar-refractivity contribution >= 4 is 33.4 Å². The van der Waals surface area contributed by atoms with E-state index in [0.29, 0.717) is 31.1 Å². The van der Waals surface area contributed by atoms with Gasteiger partial charge in [-0.3, -0.25) is 19.3 Å². The highest BCUT2D eigenvalue weighted by atomic mass is 33.1. The van der Waals surface area contributed by atoms with E-state index in [1.807, 2.05) is 13.8 Å². The molecule has 0 aromatic carbocycles. The standard InChI is InChI=1S/C13H26N2O4S2/c1-4-7-11(13(17)15-19-6-3)10-21-20-9-8-12(16)14-18-5-2/h11H,4-10H2,1-3H3,(H,14,16)(H,15,17). The Morgan fingerprint density at radius 3 is 2.33 bits per heavy atom. The van der Waals surface area contributed by atoms with Gasteiger partial charge in [-0.25, -0.2) is 11.0 Å². The maximum Gasteiger partial charge on any atom is 0.247 e. The fraction of sp³-hybridized carbons (Fsp3) is 0.846. The maximum absolute atomic E-state index is 11.8. The molecule has 0 saturated carbocycles. The second kappa shape index (κ2) is 14.5. The van der Waals surface area contributed by atoms with E-state index in [-0.39, 0.29) is 17.7 Å². The number of hydrogen-bond donors (Lipinski definition) is 2. The Hall–Kier alpha value is -0.440. The molecule has 0 spiro atoms. The zero-order valence-corrected chi connectivity index (χ0v) is 14.6. The van der Waals surface area contributed by atoms with Crippen LogP contribution < -0.4 is 11.0 Å². The van der Waals surface area contributed by atoms with Gasteiger partial charge in [0.1, 0.15) is 0 Å². The number of nitrogens with one attached hydrogen (secondary N) is 2. The Morgan fingerprint density at radius 1 is 1.05 bits per heavy atom. The van der Waals surface area contributed by atoms with Gasteiger partial charge in [0.15, 0.2) is 0 Å². The Kier molecular flexibility index (Phi) is 14.2. The van der Waals surface area contributed by atoms with Gasteiger partial charge in [-0.15, -0.1) is 0 Å². The first-order valence-electron chi connectivity index (χ1n) is 7.22. The average Bonchev–Trinajstić information content (AvgIpc) is 2.49. The van der Waals surface area contributed by atoms with Crippen LogP contribution in [0.3, 0.4) is 0 Å². The van der Waals surface area contributed by atoms with E-state index in [1.54, 1.807) is 21.6 Å². The topological polar surface area (TPSA) is 76.7 Å². The monoisotopic (exact) mass is 338 g/mol. The quantitative estimate of drug-likeness (QED) is 0.305. The minimum atomic E-state index is -0.121. The minimum absolute atomic E-state index is 0.0590. The molecular formula is C13H26N2O4S2. The van der Waals surface area contributed by atoms with Crippen molar-refractivity contribution in [2.45, 2.75) is 40.0 Å². The van der Waals surface area contributed by atoms with Crippen LogP contribution in [-0.4, -0.2) is 36.5 Å². The molecule has 1 unspecified atom stereocenters. The molecule has 21 heavy (non-hydrogen) atoms. The molecule has 0 bridgehead atoms. The highest BCUT2D eigenvalue weighted by Gasteiger charge is 2.17. The van der Waals surface area contributed by atoms with Crippen molar-refractivity contribution in [3.8, 4) is 0 Å². The van der Waals surface area contributed by atoms with E-state index >= 15 is 0 Å². The lowest BCUT2D eigenvalue weighted by Gasteiger charge is -2.14. The van der Waals surface area contributed by atoms with Crippen LogP contribution in [-0.2, 0) is 19.3 Å². The number of carbonyl (C=O) groups is 2. The summed E-state index contributed by atoms with van der Waals surface area (Å²) in [7, 11) is 3.20. The smallest absolute Gasteiger partial charge is 0.247 e. The molecular weight excluding hydrogens is 312 g/mol. The first-order valence-corrected chi connectivity index (χ1v) is 9.71. The van der Waals surface area contributed by atoms with E-state index in [2.05, 4.69) is 17.9 Å². The molecule has 0 aromatic heterocycles. The number of rotatable bonds is 13. The van der Waals surface area contributed by atoms with Crippen LogP contribution in [0.25, 0.3) is 0 Å². The second-order valence-electron chi connectivity index (χ2n) is 4.20. The SMILES string of the molecule is CCCC(CSSCCC(=O)NOCC)C(=O)NOCC. The Bertz CT molecular complexity index is 293. The van der Waals surface area contributed by atoms with Crippen LogP contribution in [0.2, 0.25) is 0 Å². The van der Waals surface area contributed by atoms with Gasteiger partial charge in [0.25, 0.3) is 0 Å². The normalized spacial score (nSPS) is 12.0. The summed E-state index contributed by atoms with van der Waals surface area (Å²) in [6.07, 6.45) is 2.19. The van der Waals surface area contributed by atoms with Crippen LogP contribution >= 0.6 is 21.6 Å². The molecule has 0 radical (unpaired) electrons. The van der Waals surface area contributed by atoms with Crippen LogP contribution in [0.15, 0.2) is 0 Å². The summed E-state index contributed by atoms with van der Waals surface area (Å²) in [6.45, 7) is 6.61. The molecule has 0 saturated heterocycles. The van der Waals surface area contributed by atoms with Crippen molar-refractivity contribution in [2.24, 2.45) is 5.92 Å². The van der Waals surface area contributed by atoms with Gasteiger partial charge in [0.2, 0.25) is 11.8 Å². The molecule has 0 rings (SSSR count). The lowest BCUT2D eigenvalue weighted by molar-refractivity contribution is -0.137. The van der Waals surface area contributed by atoms with Crippen molar-refractivity contribution in [1.82, 2.24) is 11.0 Å². The van der Waals surface area contributed by atoms with Crippen molar-refractivity contribution in [3.63, 3.8) is 0 Å². The molecule has 0 aliphatic rings. The first kappa shape index (κ1) is 20.6. The summed E-state index contributed by atoms with van der Waals surface area (Å²) < 4.78 is 0. The summed E-state index contributed by atoms with van der Waals surface area (Å²) in [5.41, 5.74) is 4.81. The van der Waals surface area contributed by atoms with Crippen LogP contribution in [0.4, 0.5) is 0 Å². The fourth-order valence-electron chi connectivity index (χ4n) is 1.39. The summed E-state index contributed by atoms with van der Waals surface area (Å²) in [5, 5.41) is 0. The largest absolute Gasteiger partial charge is 0.274 e. The van der Waals surface area contributed by atoms with Gasteiger partial charge in [-0.2, -0.15) is 0 Å². The van der Waals surface area contributed by atoms with Crippen molar-refractivity contribution in [1.29, 1.82) is 0 Å². The molecule has 1 atom stereocenters. The van der Waals surface area contributed by atoms with Gasteiger partial charge >= 0.3 is 0 Å². The molecule has 6 nitrogen and oxygen atoms in total. The number of carbonyl (C=O) groups excluding carboxylic acids is 2. The summed E-state index contributed by atoms with van der Waals surface area (Å²) in [5.74, 6) is 1.15. The first-order chi connectivity index (χ1) is 10.2. The van der Waals surface area contributed by atoms with Crippen molar-refractivity contribution in [3.05, 3.63) is 0 Å². The van der Waals surface area contributed by atoms with Gasteiger partial charge < -0.3 is 0 Å². The minimum Gasteiger partial charge on any atom is -0.274 e. The molecule has 0 heterocycles. The second-order valence-corrected chi connectivity index (χ2v) is 6.83. The molecule has 0 fully saturated rings. The van der Waals surface area contributed by atoms with Crippen LogP contribution in [0, 0.1) is 5.92 Å². The summed E-state index contributed by atoms with van der Waals surface area (Å²) in [6, 6.07) is 0. The van der Waals surface area contributed by atoms with E-state index < -0.39 is 0 Å². The maximum atomic E-state index is 11.8. The Morgan fingerprint density at radius 2 is 1.71 bits per heavy atom. The number of amides is 2. The molecule has 124 valence electrons. The third-order valence-electron chi connectivity index (χ3n) is 2.42. The van der Waals surface area contributed by atoms with E-state index in [9.17, 15) is 9.59 Å². The van der Waals surface area contributed by atoms with E-state index in [0.717, 1.165) is 12.8 Å². The highest BCUT2D eigenvalue weighted by Crippen LogP contribution is 2.26. The van der Waals surface area contributed by atoms with E-state index in [4.69, 9.17) is 9.68 Å². The van der Waals surface area contributed by atoms with E-state index in [1.165, 1.54) is 0 Å². The van der Waals surface area contributed by atoms with Crippen molar-refractivity contribution in [2.75, 3.05) is 24.7 Å². The van der Waals surface area contributed by atoms with Gasteiger partial charge in [-0.1, -0.05) is 34.9 Å². The van der Waals surface area contributed by atoms with Crippen LogP contribution in [0.1, 0.15) is 40.0 Å². The lowest BCUT2D eigenvalue weighted by atomic mass is 10.1. The van der Waals surface area contributed by atoms with Crippen molar-refractivity contribution < 1.29 is 19.3 Å². The zero-order valence-electron chi connectivity index (χ0n) is 13.0. The average molecular weight is 338 g/mol. The number of hydroxylamine groups is 2. The molecule has 8 heteroatoms. The summed E-state index contributed by atoms with van der Waals surface area (Å²) >= 11 is 0. The molecule has 2 amide bonds. The van der Waals surface area contributed by atoms with Gasteiger partial charge in [0.05, 0.1) is 13.2 Å². The molecule has 0 aliphatic carbocycles. The third-order valence-corrected chi connectivity index (χ3v) is 4.90. The fourth-order valence-corrected chi connectivity index (χ4v) is 3.74. The Balaban J connectivity index is 3.78. The predicted molar refractivity (Wildman–Crippen MR) is 87.5 cm³/mol. The lowest BCUT2D eigenvalue weighted by Crippen LogP contribution is -2.32. The molecule has 2 N–H and O–H groups in total.